The Bertz CT molecular complexity index is 604. The standard InChI is InChI=1S/C15H18Cl2N4/c1-3-4-8-21(2)14-9-13(18-10-19-14)20-12-7-5-6-11(16)15(12)17/h5-7,9-10H,3-4,8H2,1-2H3,(H,18,19,20). The fourth-order valence-electron chi connectivity index (χ4n) is 1.87. The zero-order valence-corrected chi connectivity index (χ0v) is 13.6. The summed E-state index contributed by atoms with van der Waals surface area (Å²) in [7, 11) is 2.02. The molecule has 2 rings (SSSR count). The molecule has 112 valence electrons. The van der Waals surface area contributed by atoms with Crippen molar-refractivity contribution in [2.24, 2.45) is 0 Å². The molecule has 1 aromatic heterocycles. The van der Waals surface area contributed by atoms with Gasteiger partial charge in [0.05, 0.1) is 15.7 Å². The summed E-state index contributed by atoms with van der Waals surface area (Å²) >= 11 is 12.2. The third-order valence-electron chi connectivity index (χ3n) is 3.11. The number of nitrogens with one attached hydrogen (secondary N) is 1. The lowest BCUT2D eigenvalue weighted by Crippen LogP contribution is -2.19. The summed E-state index contributed by atoms with van der Waals surface area (Å²) in [6.07, 6.45) is 3.82. The van der Waals surface area contributed by atoms with Crippen LogP contribution in [0.15, 0.2) is 30.6 Å². The van der Waals surface area contributed by atoms with Crippen LogP contribution in [0.25, 0.3) is 0 Å². The van der Waals surface area contributed by atoms with Crippen molar-refractivity contribution in [2.75, 3.05) is 23.8 Å². The molecule has 21 heavy (non-hydrogen) atoms. The van der Waals surface area contributed by atoms with Gasteiger partial charge in [0.2, 0.25) is 0 Å². The van der Waals surface area contributed by atoms with Gasteiger partial charge in [0.1, 0.15) is 18.0 Å². The molecule has 0 saturated carbocycles. The molecule has 0 aliphatic carbocycles. The normalized spacial score (nSPS) is 10.5. The molecule has 0 bridgehead atoms. The SMILES string of the molecule is CCCCN(C)c1cc(Nc2cccc(Cl)c2Cl)ncn1. The molecule has 0 radical (unpaired) electrons. The van der Waals surface area contributed by atoms with Gasteiger partial charge in [0.15, 0.2) is 0 Å². The predicted molar refractivity (Wildman–Crippen MR) is 90.0 cm³/mol. The first-order chi connectivity index (χ1) is 10.1. The fourth-order valence-corrected chi connectivity index (χ4v) is 2.22. The Hall–Kier alpha value is -1.52. The molecule has 0 aliphatic rings. The first-order valence-electron chi connectivity index (χ1n) is 6.86. The molecular formula is C15H18Cl2N4. The largest absolute Gasteiger partial charge is 0.360 e. The second-order valence-corrected chi connectivity index (χ2v) is 5.55. The zero-order chi connectivity index (χ0) is 15.2. The summed E-state index contributed by atoms with van der Waals surface area (Å²) in [5.74, 6) is 1.56. The maximum absolute atomic E-state index is 6.17. The number of halogens is 2. The summed E-state index contributed by atoms with van der Waals surface area (Å²) in [4.78, 5) is 10.6. The maximum Gasteiger partial charge on any atom is 0.135 e. The number of rotatable bonds is 6. The summed E-state index contributed by atoms with van der Waals surface area (Å²) in [5, 5.41) is 4.17. The van der Waals surface area contributed by atoms with E-state index < -0.39 is 0 Å². The Labute approximate surface area is 135 Å². The highest BCUT2D eigenvalue weighted by Crippen LogP contribution is 2.31. The van der Waals surface area contributed by atoms with Gasteiger partial charge in [-0.2, -0.15) is 0 Å². The van der Waals surface area contributed by atoms with E-state index in [0.29, 0.717) is 15.9 Å². The molecular weight excluding hydrogens is 307 g/mol. The van der Waals surface area contributed by atoms with Crippen LogP contribution in [0.4, 0.5) is 17.3 Å². The molecule has 0 fully saturated rings. The molecule has 0 unspecified atom stereocenters. The number of aromatic nitrogens is 2. The fraction of sp³-hybridized carbons (Fsp3) is 0.333. The van der Waals surface area contributed by atoms with Crippen molar-refractivity contribution in [3.63, 3.8) is 0 Å². The van der Waals surface area contributed by atoms with Gasteiger partial charge in [0, 0.05) is 19.7 Å². The van der Waals surface area contributed by atoms with E-state index in [0.717, 1.165) is 30.9 Å². The van der Waals surface area contributed by atoms with Crippen LogP contribution in [-0.2, 0) is 0 Å². The van der Waals surface area contributed by atoms with Gasteiger partial charge in [-0.05, 0) is 18.6 Å². The lowest BCUT2D eigenvalue weighted by Gasteiger charge is -2.18. The highest BCUT2D eigenvalue weighted by atomic mass is 35.5. The smallest absolute Gasteiger partial charge is 0.135 e. The quantitative estimate of drug-likeness (QED) is 0.831. The third-order valence-corrected chi connectivity index (χ3v) is 3.92. The van der Waals surface area contributed by atoms with E-state index in [2.05, 4.69) is 27.1 Å². The number of unbranched alkanes of at least 4 members (excludes halogenated alkanes) is 1. The van der Waals surface area contributed by atoms with Crippen LogP contribution in [0, 0.1) is 0 Å². The van der Waals surface area contributed by atoms with Crippen LogP contribution < -0.4 is 10.2 Å². The van der Waals surface area contributed by atoms with Crippen molar-refractivity contribution in [1.82, 2.24) is 9.97 Å². The van der Waals surface area contributed by atoms with E-state index in [-0.39, 0.29) is 0 Å². The summed E-state index contributed by atoms with van der Waals surface area (Å²) in [6, 6.07) is 7.34. The van der Waals surface area contributed by atoms with Gasteiger partial charge in [-0.15, -0.1) is 0 Å². The average molecular weight is 325 g/mol. The summed E-state index contributed by atoms with van der Waals surface area (Å²) in [5.41, 5.74) is 0.727. The van der Waals surface area contributed by atoms with E-state index >= 15 is 0 Å². The maximum atomic E-state index is 6.17. The monoisotopic (exact) mass is 324 g/mol. The Morgan fingerprint density at radius 3 is 2.81 bits per heavy atom. The van der Waals surface area contributed by atoms with Crippen molar-refractivity contribution >= 4 is 40.5 Å². The van der Waals surface area contributed by atoms with Crippen LogP contribution in [0.3, 0.4) is 0 Å². The van der Waals surface area contributed by atoms with Crippen LogP contribution in [-0.4, -0.2) is 23.6 Å². The van der Waals surface area contributed by atoms with Gasteiger partial charge >= 0.3 is 0 Å². The topological polar surface area (TPSA) is 41.0 Å². The van der Waals surface area contributed by atoms with Crippen LogP contribution >= 0.6 is 23.2 Å². The number of anilines is 3. The second-order valence-electron chi connectivity index (χ2n) is 4.76. The van der Waals surface area contributed by atoms with Crippen LogP contribution in [0.1, 0.15) is 19.8 Å². The molecule has 4 nitrogen and oxygen atoms in total. The van der Waals surface area contributed by atoms with Crippen molar-refractivity contribution < 1.29 is 0 Å². The third kappa shape index (κ3) is 4.22. The second kappa shape index (κ2) is 7.48. The van der Waals surface area contributed by atoms with Gasteiger partial charge in [0.25, 0.3) is 0 Å². The van der Waals surface area contributed by atoms with Gasteiger partial charge in [-0.3, -0.25) is 0 Å². The van der Waals surface area contributed by atoms with Crippen molar-refractivity contribution in [2.45, 2.75) is 19.8 Å². The zero-order valence-electron chi connectivity index (χ0n) is 12.1. The first-order valence-corrected chi connectivity index (χ1v) is 7.61. The Morgan fingerprint density at radius 1 is 1.24 bits per heavy atom. The Morgan fingerprint density at radius 2 is 2.05 bits per heavy atom. The Balaban J connectivity index is 2.16. The molecule has 0 atom stereocenters. The summed E-state index contributed by atoms with van der Waals surface area (Å²) in [6.45, 7) is 3.13. The van der Waals surface area contributed by atoms with Crippen molar-refractivity contribution in [1.29, 1.82) is 0 Å². The number of hydrogen-bond acceptors (Lipinski definition) is 4. The number of hydrogen-bond donors (Lipinski definition) is 1. The molecule has 2 aromatic rings. The molecule has 0 spiro atoms. The highest BCUT2D eigenvalue weighted by molar-refractivity contribution is 6.43. The minimum atomic E-state index is 0.485. The van der Waals surface area contributed by atoms with Crippen LogP contribution in [0.2, 0.25) is 10.0 Å². The minimum Gasteiger partial charge on any atom is -0.360 e. The average Bonchev–Trinajstić information content (AvgIpc) is 2.50. The number of nitrogens with zero attached hydrogens (tertiary/aromatic N) is 3. The van der Waals surface area contributed by atoms with E-state index in [1.165, 1.54) is 0 Å². The molecule has 0 aliphatic heterocycles. The van der Waals surface area contributed by atoms with Gasteiger partial charge in [-0.25, -0.2) is 9.97 Å². The molecule has 6 heteroatoms. The number of benzene rings is 1. The lowest BCUT2D eigenvalue weighted by molar-refractivity contribution is 0.758. The molecule has 1 aromatic carbocycles. The predicted octanol–water partition coefficient (Wildman–Crippen LogP) is 4.76. The van der Waals surface area contributed by atoms with Crippen molar-refractivity contribution in [3.8, 4) is 0 Å². The molecule has 0 saturated heterocycles. The molecule has 1 heterocycles. The van der Waals surface area contributed by atoms with E-state index in [1.807, 2.05) is 25.2 Å². The molecule has 0 amide bonds. The summed E-state index contributed by atoms with van der Waals surface area (Å²) < 4.78 is 0. The highest BCUT2D eigenvalue weighted by Gasteiger charge is 2.07. The minimum absolute atomic E-state index is 0.485. The van der Waals surface area contributed by atoms with Gasteiger partial charge < -0.3 is 10.2 Å². The first kappa shape index (κ1) is 15.9. The van der Waals surface area contributed by atoms with E-state index in [4.69, 9.17) is 23.2 Å². The van der Waals surface area contributed by atoms with E-state index in [1.54, 1.807) is 12.4 Å². The van der Waals surface area contributed by atoms with Crippen LogP contribution in [0.5, 0.6) is 0 Å². The lowest BCUT2D eigenvalue weighted by atomic mass is 10.3. The van der Waals surface area contributed by atoms with E-state index in [9.17, 15) is 0 Å². The molecule has 1 N–H and O–H groups in total. The van der Waals surface area contributed by atoms with Gasteiger partial charge in [-0.1, -0.05) is 42.6 Å². The van der Waals surface area contributed by atoms with Crippen molar-refractivity contribution in [3.05, 3.63) is 40.6 Å². The Kier molecular flexibility index (Phi) is 5.65.